The molecule has 0 aliphatic carbocycles. The van der Waals surface area contributed by atoms with Gasteiger partial charge in [-0.05, 0) is 18.2 Å². The number of phenolic OH excluding ortho intramolecular Hbond substituents is 1. The van der Waals surface area contributed by atoms with Crippen molar-refractivity contribution < 1.29 is 14.2 Å². The molecule has 72 valence electrons. The quantitative estimate of drug-likeness (QED) is 0.743. The molecule has 0 aliphatic heterocycles. The Hall–Kier alpha value is -1.13. The van der Waals surface area contributed by atoms with Crippen LogP contribution in [-0.4, -0.2) is 18.8 Å². The summed E-state index contributed by atoms with van der Waals surface area (Å²) in [5.41, 5.74) is 5.86. The van der Waals surface area contributed by atoms with E-state index in [9.17, 15) is 4.39 Å². The third-order valence-corrected chi connectivity index (χ3v) is 1.73. The Morgan fingerprint density at radius 2 is 2.31 bits per heavy atom. The molecule has 1 aromatic rings. The van der Waals surface area contributed by atoms with Crippen molar-refractivity contribution in [1.29, 1.82) is 0 Å². The topological polar surface area (TPSA) is 55.5 Å². The molecular weight excluding hydrogens is 173 g/mol. The number of hydrogen-bond acceptors (Lipinski definition) is 3. The molecule has 0 heterocycles. The van der Waals surface area contributed by atoms with Crippen LogP contribution in [-0.2, 0) is 4.74 Å². The summed E-state index contributed by atoms with van der Waals surface area (Å²) in [6.07, 6.45) is 0. The lowest BCUT2D eigenvalue weighted by Crippen LogP contribution is -2.17. The molecule has 0 saturated heterocycles. The van der Waals surface area contributed by atoms with Crippen molar-refractivity contribution in [1.82, 2.24) is 0 Å². The van der Waals surface area contributed by atoms with Crippen molar-refractivity contribution in [3.8, 4) is 5.75 Å². The Morgan fingerprint density at radius 1 is 1.62 bits per heavy atom. The average Bonchev–Trinajstić information content (AvgIpc) is 2.09. The van der Waals surface area contributed by atoms with Crippen molar-refractivity contribution in [2.24, 2.45) is 5.73 Å². The molecule has 13 heavy (non-hydrogen) atoms. The van der Waals surface area contributed by atoms with Gasteiger partial charge in [-0.25, -0.2) is 4.39 Å². The highest BCUT2D eigenvalue weighted by Crippen LogP contribution is 2.20. The van der Waals surface area contributed by atoms with E-state index >= 15 is 0 Å². The summed E-state index contributed by atoms with van der Waals surface area (Å²) in [5, 5.41) is 9.09. The molecule has 0 aromatic heterocycles. The molecule has 1 atom stereocenters. The Kier molecular flexibility index (Phi) is 3.22. The highest BCUT2D eigenvalue weighted by Gasteiger charge is 2.11. The molecule has 1 rings (SSSR count). The molecule has 0 saturated carbocycles. The smallest absolute Gasteiger partial charge is 0.128 e. The molecule has 0 spiro atoms. The number of rotatable bonds is 3. The third kappa shape index (κ3) is 2.40. The predicted octanol–water partition coefficient (Wildman–Crippen LogP) is 1.18. The van der Waals surface area contributed by atoms with Gasteiger partial charge in [-0.2, -0.15) is 0 Å². The fraction of sp³-hybridized carbons (Fsp3) is 0.333. The predicted molar refractivity (Wildman–Crippen MR) is 46.9 cm³/mol. The van der Waals surface area contributed by atoms with E-state index in [0.29, 0.717) is 0 Å². The molecule has 0 bridgehead atoms. The number of nitrogens with two attached hydrogens (primary N) is 1. The molecule has 0 radical (unpaired) electrons. The maximum atomic E-state index is 13.1. The van der Waals surface area contributed by atoms with Crippen LogP contribution in [0.15, 0.2) is 18.2 Å². The molecule has 0 aliphatic rings. The molecule has 0 amide bonds. The van der Waals surface area contributed by atoms with Crippen LogP contribution in [0.4, 0.5) is 4.39 Å². The van der Waals surface area contributed by atoms with Gasteiger partial charge in [0.2, 0.25) is 0 Å². The molecule has 3 N–H and O–H groups in total. The van der Waals surface area contributed by atoms with Gasteiger partial charge in [-0.1, -0.05) is 0 Å². The molecular formula is C9H12FNO2. The fourth-order valence-corrected chi connectivity index (χ4v) is 1.08. The summed E-state index contributed by atoms with van der Waals surface area (Å²) in [5.74, 6) is -0.426. The van der Waals surface area contributed by atoms with Crippen LogP contribution < -0.4 is 5.73 Å². The summed E-state index contributed by atoms with van der Waals surface area (Å²) >= 11 is 0. The molecule has 3 nitrogen and oxygen atoms in total. The first-order chi connectivity index (χ1) is 6.15. The van der Waals surface area contributed by atoms with Crippen molar-refractivity contribution in [3.05, 3.63) is 29.6 Å². The van der Waals surface area contributed by atoms with Crippen LogP contribution >= 0.6 is 0 Å². The third-order valence-electron chi connectivity index (χ3n) is 1.73. The van der Waals surface area contributed by atoms with Gasteiger partial charge in [0.15, 0.2) is 0 Å². The van der Waals surface area contributed by atoms with Crippen LogP contribution in [0.1, 0.15) is 11.6 Å². The van der Waals surface area contributed by atoms with E-state index in [4.69, 9.17) is 15.6 Å². The second-order valence-electron chi connectivity index (χ2n) is 2.77. The van der Waals surface area contributed by atoms with Crippen molar-refractivity contribution in [3.63, 3.8) is 0 Å². The van der Waals surface area contributed by atoms with Crippen molar-refractivity contribution in [2.45, 2.75) is 6.04 Å². The SMILES string of the molecule is COC[C@@H](N)c1cc(O)ccc1F. The largest absolute Gasteiger partial charge is 0.508 e. The Morgan fingerprint density at radius 3 is 2.92 bits per heavy atom. The van der Waals surface area contributed by atoms with Gasteiger partial charge < -0.3 is 15.6 Å². The summed E-state index contributed by atoms with van der Waals surface area (Å²) in [7, 11) is 1.49. The lowest BCUT2D eigenvalue weighted by molar-refractivity contribution is 0.179. The monoisotopic (exact) mass is 185 g/mol. The number of methoxy groups -OCH3 is 1. The maximum absolute atomic E-state index is 13.1. The Bertz CT molecular complexity index is 291. The first kappa shape index (κ1) is 9.95. The van der Waals surface area contributed by atoms with Crippen molar-refractivity contribution >= 4 is 0 Å². The van der Waals surface area contributed by atoms with Crippen molar-refractivity contribution in [2.75, 3.05) is 13.7 Å². The van der Waals surface area contributed by atoms with Crippen LogP contribution in [0.2, 0.25) is 0 Å². The minimum atomic E-state index is -0.544. The highest BCUT2D eigenvalue weighted by atomic mass is 19.1. The number of ether oxygens (including phenoxy) is 1. The number of halogens is 1. The normalized spacial score (nSPS) is 12.8. The van der Waals surface area contributed by atoms with E-state index in [1.807, 2.05) is 0 Å². The lowest BCUT2D eigenvalue weighted by Gasteiger charge is -2.11. The summed E-state index contributed by atoms with van der Waals surface area (Å²) in [4.78, 5) is 0. The van der Waals surface area contributed by atoms with Gasteiger partial charge in [0, 0.05) is 12.7 Å². The first-order valence-electron chi connectivity index (χ1n) is 3.88. The van der Waals surface area contributed by atoms with E-state index in [0.717, 1.165) is 0 Å². The van der Waals surface area contributed by atoms with Gasteiger partial charge in [-0.3, -0.25) is 0 Å². The summed E-state index contributed by atoms with van der Waals surface area (Å²) in [6, 6.07) is 3.22. The number of hydrogen-bond donors (Lipinski definition) is 2. The van der Waals surface area contributed by atoms with Crippen LogP contribution in [0.25, 0.3) is 0 Å². The summed E-state index contributed by atoms with van der Waals surface area (Å²) < 4.78 is 17.9. The van der Waals surface area contributed by atoms with Crippen LogP contribution in [0, 0.1) is 5.82 Å². The molecule has 0 fully saturated rings. The first-order valence-corrected chi connectivity index (χ1v) is 3.88. The molecule has 0 unspecified atom stereocenters. The van der Waals surface area contributed by atoms with Crippen LogP contribution in [0.3, 0.4) is 0 Å². The Balaban J connectivity index is 2.91. The van der Waals surface area contributed by atoms with E-state index in [2.05, 4.69) is 0 Å². The zero-order valence-corrected chi connectivity index (χ0v) is 7.33. The van der Waals surface area contributed by atoms with Gasteiger partial charge in [-0.15, -0.1) is 0 Å². The summed E-state index contributed by atoms with van der Waals surface area (Å²) in [6.45, 7) is 0.223. The minimum absolute atomic E-state index is 0.00273. The minimum Gasteiger partial charge on any atom is -0.508 e. The number of aromatic hydroxyl groups is 1. The van der Waals surface area contributed by atoms with E-state index < -0.39 is 11.9 Å². The standard InChI is InChI=1S/C9H12FNO2/c1-13-5-9(11)7-4-6(12)2-3-8(7)10/h2-4,9,12H,5,11H2,1H3/t9-/m1/s1. The van der Waals surface area contributed by atoms with Gasteiger partial charge in [0.25, 0.3) is 0 Å². The lowest BCUT2D eigenvalue weighted by atomic mass is 10.1. The fourth-order valence-electron chi connectivity index (χ4n) is 1.08. The van der Waals surface area contributed by atoms with Gasteiger partial charge in [0.1, 0.15) is 11.6 Å². The second-order valence-corrected chi connectivity index (χ2v) is 2.77. The molecule has 1 aromatic carbocycles. The van der Waals surface area contributed by atoms with E-state index in [-0.39, 0.29) is 17.9 Å². The number of phenols is 1. The maximum Gasteiger partial charge on any atom is 0.128 e. The highest BCUT2D eigenvalue weighted by molar-refractivity contribution is 5.30. The van der Waals surface area contributed by atoms with Gasteiger partial charge >= 0.3 is 0 Å². The van der Waals surface area contributed by atoms with E-state index in [1.165, 1.54) is 25.3 Å². The zero-order valence-electron chi connectivity index (χ0n) is 7.33. The number of benzene rings is 1. The van der Waals surface area contributed by atoms with E-state index in [1.54, 1.807) is 0 Å². The average molecular weight is 185 g/mol. The second kappa shape index (κ2) is 4.20. The van der Waals surface area contributed by atoms with Crippen LogP contribution in [0.5, 0.6) is 5.75 Å². The molecule has 4 heteroatoms. The Labute approximate surface area is 75.9 Å². The zero-order chi connectivity index (χ0) is 9.84. The van der Waals surface area contributed by atoms with Gasteiger partial charge in [0.05, 0.1) is 12.6 Å².